The van der Waals surface area contributed by atoms with Gasteiger partial charge in [-0.15, -0.1) is 0 Å². The van der Waals surface area contributed by atoms with Gasteiger partial charge in [0.05, 0.1) is 12.7 Å². The zero-order chi connectivity index (χ0) is 16.8. The fourth-order valence-corrected chi connectivity index (χ4v) is 3.54. The van der Waals surface area contributed by atoms with Crippen molar-refractivity contribution in [3.8, 4) is 0 Å². The molecule has 0 amide bonds. The first-order chi connectivity index (χ1) is 11.8. The predicted octanol–water partition coefficient (Wildman–Crippen LogP) is 2.34. The smallest absolute Gasteiger partial charge is 0.193 e. The van der Waals surface area contributed by atoms with E-state index in [1.54, 1.807) is 0 Å². The van der Waals surface area contributed by atoms with Crippen LogP contribution in [-0.2, 0) is 15.9 Å². The van der Waals surface area contributed by atoms with E-state index in [9.17, 15) is 0 Å². The average Bonchev–Trinajstić information content (AvgIpc) is 3.14. The molecule has 132 valence electrons. The van der Waals surface area contributed by atoms with E-state index in [2.05, 4.69) is 21.3 Å². The largest absolute Gasteiger partial charge is 0.375 e. The number of rotatable bonds is 4. The van der Waals surface area contributed by atoms with Gasteiger partial charge < -0.3 is 19.7 Å². The molecule has 0 saturated carbocycles. The quantitative estimate of drug-likeness (QED) is 0.668. The van der Waals surface area contributed by atoms with Crippen LogP contribution in [0.3, 0.4) is 0 Å². The molecule has 1 aromatic rings. The Labute approximate surface area is 149 Å². The van der Waals surface area contributed by atoms with E-state index in [1.165, 1.54) is 5.56 Å². The molecule has 5 nitrogen and oxygen atoms in total. The summed E-state index contributed by atoms with van der Waals surface area (Å²) in [7, 11) is 1.83. The molecule has 2 unspecified atom stereocenters. The van der Waals surface area contributed by atoms with E-state index in [0.29, 0.717) is 0 Å². The summed E-state index contributed by atoms with van der Waals surface area (Å²) in [5.41, 5.74) is 1.23. The molecule has 0 spiro atoms. The Bertz CT molecular complexity index is 561. The Morgan fingerprint density at radius 2 is 2.21 bits per heavy atom. The van der Waals surface area contributed by atoms with Gasteiger partial charge in [0.15, 0.2) is 5.96 Å². The highest BCUT2D eigenvalue weighted by Gasteiger charge is 2.32. The van der Waals surface area contributed by atoms with Crippen LogP contribution in [0.15, 0.2) is 29.3 Å². The van der Waals surface area contributed by atoms with Crippen molar-refractivity contribution < 1.29 is 9.47 Å². The summed E-state index contributed by atoms with van der Waals surface area (Å²) >= 11 is 6.04. The van der Waals surface area contributed by atoms with Crippen LogP contribution in [0.2, 0.25) is 5.02 Å². The molecule has 2 atom stereocenters. The summed E-state index contributed by atoms with van der Waals surface area (Å²) in [5.74, 6) is 0.934. The summed E-state index contributed by atoms with van der Waals surface area (Å²) in [5, 5.41) is 4.24. The van der Waals surface area contributed by atoms with E-state index in [0.717, 1.165) is 63.1 Å². The molecule has 2 aliphatic heterocycles. The Balaban J connectivity index is 1.50. The Hall–Kier alpha value is -1.30. The van der Waals surface area contributed by atoms with Crippen molar-refractivity contribution in [1.82, 2.24) is 10.2 Å². The van der Waals surface area contributed by atoms with Crippen molar-refractivity contribution >= 4 is 17.6 Å². The van der Waals surface area contributed by atoms with Gasteiger partial charge in [-0.25, -0.2) is 0 Å². The maximum atomic E-state index is 6.04. The maximum absolute atomic E-state index is 6.04. The summed E-state index contributed by atoms with van der Waals surface area (Å²) in [6.07, 6.45) is 3.53. The Morgan fingerprint density at radius 3 is 2.96 bits per heavy atom. The van der Waals surface area contributed by atoms with Crippen molar-refractivity contribution in [3.05, 3.63) is 34.9 Å². The van der Waals surface area contributed by atoms with Crippen LogP contribution in [0.5, 0.6) is 0 Å². The number of nitrogens with zero attached hydrogens (tertiary/aromatic N) is 2. The second-order valence-corrected chi connectivity index (χ2v) is 6.70. The van der Waals surface area contributed by atoms with Gasteiger partial charge in [0, 0.05) is 38.3 Å². The lowest BCUT2D eigenvalue weighted by Crippen LogP contribution is -2.53. The van der Waals surface area contributed by atoms with Gasteiger partial charge in [0.25, 0.3) is 0 Å². The lowest BCUT2D eigenvalue weighted by atomic mass is 10.1. The van der Waals surface area contributed by atoms with Gasteiger partial charge in [-0.05, 0) is 37.0 Å². The molecule has 0 aliphatic carbocycles. The first-order valence-corrected chi connectivity index (χ1v) is 9.07. The van der Waals surface area contributed by atoms with Gasteiger partial charge in [-0.1, -0.05) is 23.7 Å². The van der Waals surface area contributed by atoms with E-state index < -0.39 is 0 Å². The molecule has 6 heteroatoms. The third-order valence-corrected chi connectivity index (χ3v) is 4.81. The van der Waals surface area contributed by atoms with Crippen LogP contribution in [0.4, 0.5) is 0 Å². The summed E-state index contributed by atoms with van der Waals surface area (Å²) in [4.78, 5) is 6.70. The number of nitrogens with one attached hydrogen (secondary N) is 1. The third-order valence-electron chi connectivity index (χ3n) is 4.57. The molecule has 2 saturated heterocycles. The molecule has 1 aromatic carbocycles. The number of guanidine groups is 1. The average molecular weight is 352 g/mol. The lowest BCUT2D eigenvalue weighted by molar-refractivity contribution is -0.0816. The van der Waals surface area contributed by atoms with Gasteiger partial charge in [0.2, 0.25) is 0 Å². The van der Waals surface area contributed by atoms with Crippen LogP contribution in [0, 0.1) is 0 Å². The molecule has 0 radical (unpaired) electrons. The van der Waals surface area contributed by atoms with Gasteiger partial charge in [0.1, 0.15) is 6.10 Å². The standard InChI is InChI=1S/C18H26ClN3O2/c1-20-18(21-8-7-14-4-2-5-15(19)12-14)22-9-11-24-17(13-22)16-6-3-10-23-16/h2,4-5,12,16-17H,3,6-11,13H2,1H3,(H,20,21). The number of hydrogen-bond acceptors (Lipinski definition) is 3. The van der Waals surface area contributed by atoms with E-state index in [4.69, 9.17) is 21.1 Å². The molecule has 0 bridgehead atoms. The number of ether oxygens (including phenoxy) is 2. The van der Waals surface area contributed by atoms with Crippen molar-refractivity contribution in [2.45, 2.75) is 31.5 Å². The van der Waals surface area contributed by atoms with E-state index in [-0.39, 0.29) is 12.2 Å². The van der Waals surface area contributed by atoms with Crippen LogP contribution in [0.25, 0.3) is 0 Å². The van der Waals surface area contributed by atoms with Gasteiger partial charge in [-0.3, -0.25) is 4.99 Å². The first-order valence-electron chi connectivity index (χ1n) is 8.69. The topological polar surface area (TPSA) is 46.1 Å². The Morgan fingerprint density at radius 1 is 1.33 bits per heavy atom. The Kier molecular flexibility index (Phi) is 6.35. The second kappa shape index (κ2) is 8.70. The van der Waals surface area contributed by atoms with Crippen LogP contribution < -0.4 is 5.32 Å². The number of aliphatic imine (C=N–C) groups is 1. The lowest BCUT2D eigenvalue weighted by Gasteiger charge is -2.37. The maximum Gasteiger partial charge on any atom is 0.193 e. The highest BCUT2D eigenvalue weighted by molar-refractivity contribution is 6.30. The van der Waals surface area contributed by atoms with Crippen LogP contribution in [-0.4, -0.2) is 63.0 Å². The second-order valence-electron chi connectivity index (χ2n) is 6.26. The van der Waals surface area contributed by atoms with Gasteiger partial charge in [-0.2, -0.15) is 0 Å². The zero-order valence-corrected chi connectivity index (χ0v) is 15.0. The minimum Gasteiger partial charge on any atom is -0.375 e. The van der Waals surface area contributed by atoms with Crippen LogP contribution in [0.1, 0.15) is 18.4 Å². The first kappa shape index (κ1) is 17.5. The summed E-state index contributed by atoms with van der Waals surface area (Å²) in [6, 6.07) is 7.99. The summed E-state index contributed by atoms with van der Waals surface area (Å²) in [6.45, 7) is 4.10. The number of halogens is 1. The monoisotopic (exact) mass is 351 g/mol. The van der Waals surface area contributed by atoms with E-state index in [1.807, 2.05) is 25.2 Å². The zero-order valence-electron chi connectivity index (χ0n) is 14.2. The van der Waals surface area contributed by atoms with Crippen molar-refractivity contribution in [1.29, 1.82) is 0 Å². The molecule has 3 rings (SSSR count). The minimum absolute atomic E-state index is 0.146. The normalized spacial score (nSPS) is 25.1. The molecule has 1 N–H and O–H groups in total. The number of hydrogen-bond donors (Lipinski definition) is 1. The van der Waals surface area contributed by atoms with Crippen LogP contribution >= 0.6 is 11.6 Å². The SMILES string of the molecule is CN=C(NCCc1cccc(Cl)c1)N1CCOC(C2CCCO2)C1. The predicted molar refractivity (Wildman–Crippen MR) is 96.8 cm³/mol. The summed E-state index contributed by atoms with van der Waals surface area (Å²) < 4.78 is 11.7. The third kappa shape index (κ3) is 4.62. The fraction of sp³-hybridized carbons (Fsp3) is 0.611. The number of benzene rings is 1. The highest BCUT2D eigenvalue weighted by Crippen LogP contribution is 2.21. The van der Waals surface area contributed by atoms with Crippen molar-refractivity contribution in [2.75, 3.05) is 39.9 Å². The molecular weight excluding hydrogens is 326 g/mol. The molecule has 24 heavy (non-hydrogen) atoms. The van der Waals surface area contributed by atoms with Crippen molar-refractivity contribution in [2.24, 2.45) is 4.99 Å². The highest BCUT2D eigenvalue weighted by atomic mass is 35.5. The molecule has 2 fully saturated rings. The van der Waals surface area contributed by atoms with E-state index >= 15 is 0 Å². The molecular formula is C18H26ClN3O2. The number of morpholine rings is 1. The molecule has 2 heterocycles. The fourth-order valence-electron chi connectivity index (χ4n) is 3.33. The minimum atomic E-state index is 0.146. The van der Waals surface area contributed by atoms with Crippen molar-refractivity contribution in [3.63, 3.8) is 0 Å². The van der Waals surface area contributed by atoms with Gasteiger partial charge >= 0.3 is 0 Å². The molecule has 0 aromatic heterocycles. The molecule has 2 aliphatic rings.